The lowest BCUT2D eigenvalue weighted by molar-refractivity contribution is -0.124. The molecule has 1 atom stereocenters. The van der Waals surface area contributed by atoms with Crippen LogP contribution in [0.25, 0.3) is 10.9 Å². The van der Waals surface area contributed by atoms with Crippen LogP contribution in [0, 0.1) is 0 Å². The Morgan fingerprint density at radius 1 is 1.26 bits per heavy atom. The summed E-state index contributed by atoms with van der Waals surface area (Å²) in [5.74, 6) is 0.780. The quantitative estimate of drug-likeness (QED) is 0.842. The van der Waals surface area contributed by atoms with E-state index in [1.807, 2.05) is 30.3 Å². The van der Waals surface area contributed by atoms with E-state index >= 15 is 0 Å². The van der Waals surface area contributed by atoms with Crippen LogP contribution in [0.3, 0.4) is 0 Å². The summed E-state index contributed by atoms with van der Waals surface area (Å²) in [6.45, 7) is 1.43. The Morgan fingerprint density at radius 3 is 2.95 bits per heavy atom. The highest BCUT2D eigenvalue weighted by Crippen LogP contribution is 2.22. The van der Waals surface area contributed by atoms with E-state index in [0.29, 0.717) is 6.54 Å². The molecule has 5 nitrogen and oxygen atoms in total. The Labute approximate surface area is 111 Å². The third-order valence-corrected chi connectivity index (χ3v) is 3.25. The molecule has 0 aliphatic carbocycles. The Kier molecular flexibility index (Phi) is 3.05. The highest BCUT2D eigenvalue weighted by Gasteiger charge is 2.24. The summed E-state index contributed by atoms with van der Waals surface area (Å²) in [5, 5.41) is 7.01. The van der Waals surface area contributed by atoms with Gasteiger partial charge < -0.3 is 10.1 Å². The standard InChI is InChI=1S/C14H15N3O2/c1-19-10-3-5-11-9(8-10)2-4-12(17-11)13-14(18)16-7-6-15-13/h2-5,8,13,15H,6-7H2,1H3,(H,16,18). The molecule has 1 amide bonds. The van der Waals surface area contributed by atoms with E-state index in [-0.39, 0.29) is 11.9 Å². The van der Waals surface area contributed by atoms with Crippen LogP contribution >= 0.6 is 0 Å². The number of pyridine rings is 1. The fraction of sp³-hybridized carbons (Fsp3) is 0.286. The number of rotatable bonds is 2. The SMILES string of the molecule is COc1ccc2nc(C3NCCNC3=O)ccc2c1. The summed E-state index contributed by atoms with van der Waals surface area (Å²) in [6, 6.07) is 9.18. The van der Waals surface area contributed by atoms with Gasteiger partial charge in [0.05, 0.1) is 18.3 Å². The average molecular weight is 257 g/mol. The van der Waals surface area contributed by atoms with E-state index in [1.54, 1.807) is 7.11 Å². The maximum absolute atomic E-state index is 11.8. The van der Waals surface area contributed by atoms with Gasteiger partial charge in [-0.1, -0.05) is 6.07 Å². The molecule has 3 rings (SSSR count). The van der Waals surface area contributed by atoms with Gasteiger partial charge in [-0.25, -0.2) is 0 Å². The first-order chi connectivity index (χ1) is 9.28. The number of methoxy groups -OCH3 is 1. The summed E-state index contributed by atoms with van der Waals surface area (Å²) in [7, 11) is 1.64. The highest BCUT2D eigenvalue weighted by atomic mass is 16.5. The van der Waals surface area contributed by atoms with E-state index in [2.05, 4.69) is 15.6 Å². The van der Waals surface area contributed by atoms with Gasteiger partial charge in [0.1, 0.15) is 11.8 Å². The van der Waals surface area contributed by atoms with Crippen LogP contribution in [0.4, 0.5) is 0 Å². The molecule has 0 saturated carbocycles. The fourth-order valence-corrected chi connectivity index (χ4v) is 2.24. The zero-order valence-corrected chi connectivity index (χ0v) is 10.6. The first-order valence-electron chi connectivity index (χ1n) is 6.24. The second-order valence-corrected chi connectivity index (χ2v) is 4.47. The van der Waals surface area contributed by atoms with Gasteiger partial charge in [-0.15, -0.1) is 0 Å². The monoisotopic (exact) mass is 257 g/mol. The van der Waals surface area contributed by atoms with Crippen LogP contribution in [0.15, 0.2) is 30.3 Å². The molecule has 1 aromatic carbocycles. The second-order valence-electron chi connectivity index (χ2n) is 4.47. The van der Waals surface area contributed by atoms with Gasteiger partial charge in [0.15, 0.2) is 0 Å². The molecule has 1 fully saturated rings. The van der Waals surface area contributed by atoms with Crippen LogP contribution < -0.4 is 15.4 Å². The Bertz CT molecular complexity index is 627. The van der Waals surface area contributed by atoms with Gasteiger partial charge in [-0.05, 0) is 24.3 Å². The first-order valence-corrected chi connectivity index (χ1v) is 6.24. The minimum absolute atomic E-state index is 0.0217. The molecule has 0 spiro atoms. The average Bonchev–Trinajstić information content (AvgIpc) is 2.46. The van der Waals surface area contributed by atoms with E-state index in [0.717, 1.165) is 28.9 Å². The molecule has 2 N–H and O–H groups in total. The summed E-state index contributed by atoms with van der Waals surface area (Å²) in [5.41, 5.74) is 1.60. The van der Waals surface area contributed by atoms with Crippen LogP contribution in [0.2, 0.25) is 0 Å². The number of nitrogens with one attached hydrogen (secondary N) is 2. The van der Waals surface area contributed by atoms with Crippen molar-refractivity contribution in [3.8, 4) is 5.75 Å². The van der Waals surface area contributed by atoms with Crippen LogP contribution in [-0.4, -0.2) is 31.1 Å². The van der Waals surface area contributed by atoms with Gasteiger partial charge in [-0.3, -0.25) is 15.1 Å². The Morgan fingerprint density at radius 2 is 2.16 bits per heavy atom. The third kappa shape index (κ3) is 2.24. The van der Waals surface area contributed by atoms with Crippen molar-refractivity contribution < 1.29 is 9.53 Å². The van der Waals surface area contributed by atoms with Gasteiger partial charge in [0, 0.05) is 18.5 Å². The molecule has 98 valence electrons. The minimum Gasteiger partial charge on any atom is -0.497 e. The lowest BCUT2D eigenvalue weighted by atomic mass is 10.1. The number of carbonyl (C=O) groups excluding carboxylic acids is 1. The number of carbonyl (C=O) groups is 1. The van der Waals surface area contributed by atoms with Crippen molar-refractivity contribution >= 4 is 16.8 Å². The molecule has 1 aromatic heterocycles. The summed E-state index contributed by atoms with van der Waals surface area (Å²) < 4.78 is 5.18. The second kappa shape index (κ2) is 4.85. The van der Waals surface area contributed by atoms with Crippen molar-refractivity contribution in [1.29, 1.82) is 0 Å². The van der Waals surface area contributed by atoms with Crippen molar-refractivity contribution in [3.05, 3.63) is 36.0 Å². The number of fused-ring (bicyclic) bond motifs is 1. The number of nitrogens with zero attached hydrogens (tertiary/aromatic N) is 1. The fourth-order valence-electron chi connectivity index (χ4n) is 2.24. The molecule has 5 heteroatoms. The van der Waals surface area contributed by atoms with E-state index in [4.69, 9.17) is 4.74 Å². The van der Waals surface area contributed by atoms with Crippen LogP contribution in [0.5, 0.6) is 5.75 Å². The molecule has 1 saturated heterocycles. The number of amides is 1. The molecule has 1 aliphatic heterocycles. The molecule has 0 bridgehead atoms. The summed E-state index contributed by atoms with van der Waals surface area (Å²) in [4.78, 5) is 16.3. The predicted molar refractivity (Wildman–Crippen MR) is 72.0 cm³/mol. The molecule has 19 heavy (non-hydrogen) atoms. The number of hydrogen-bond donors (Lipinski definition) is 2. The lowest BCUT2D eigenvalue weighted by Crippen LogP contribution is -2.47. The first kappa shape index (κ1) is 11.9. The predicted octanol–water partition coefficient (Wildman–Crippen LogP) is 1.00. The van der Waals surface area contributed by atoms with E-state index in [1.165, 1.54) is 0 Å². The molecular weight excluding hydrogens is 242 g/mol. The summed E-state index contributed by atoms with van der Waals surface area (Å²) >= 11 is 0. The van der Waals surface area contributed by atoms with Gasteiger partial charge in [-0.2, -0.15) is 0 Å². The smallest absolute Gasteiger partial charge is 0.243 e. The lowest BCUT2D eigenvalue weighted by Gasteiger charge is -2.23. The zero-order chi connectivity index (χ0) is 13.2. The van der Waals surface area contributed by atoms with Crippen molar-refractivity contribution in [2.24, 2.45) is 0 Å². The van der Waals surface area contributed by atoms with Gasteiger partial charge in [0.25, 0.3) is 0 Å². The minimum atomic E-state index is -0.361. The van der Waals surface area contributed by atoms with Gasteiger partial charge >= 0.3 is 0 Å². The number of ether oxygens (including phenoxy) is 1. The third-order valence-electron chi connectivity index (χ3n) is 3.25. The topological polar surface area (TPSA) is 63.2 Å². The van der Waals surface area contributed by atoms with Crippen LogP contribution in [-0.2, 0) is 4.79 Å². The number of hydrogen-bond acceptors (Lipinski definition) is 4. The van der Waals surface area contributed by atoms with Crippen molar-refractivity contribution in [2.75, 3.05) is 20.2 Å². The Balaban J connectivity index is 1.99. The number of piperazine rings is 1. The molecule has 1 unspecified atom stereocenters. The van der Waals surface area contributed by atoms with Crippen LogP contribution in [0.1, 0.15) is 11.7 Å². The number of benzene rings is 1. The summed E-state index contributed by atoms with van der Waals surface area (Å²) in [6.07, 6.45) is 0. The highest BCUT2D eigenvalue weighted by molar-refractivity contribution is 5.85. The van der Waals surface area contributed by atoms with Gasteiger partial charge in [0.2, 0.25) is 5.91 Å². The molecular formula is C14H15N3O2. The maximum Gasteiger partial charge on any atom is 0.243 e. The number of aromatic nitrogens is 1. The van der Waals surface area contributed by atoms with Crippen molar-refractivity contribution in [3.63, 3.8) is 0 Å². The largest absolute Gasteiger partial charge is 0.497 e. The Hall–Kier alpha value is -2.14. The molecule has 1 aliphatic rings. The zero-order valence-electron chi connectivity index (χ0n) is 10.6. The van der Waals surface area contributed by atoms with Crippen molar-refractivity contribution in [2.45, 2.75) is 6.04 Å². The van der Waals surface area contributed by atoms with Crippen molar-refractivity contribution in [1.82, 2.24) is 15.6 Å². The normalized spacial score (nSPS) is 19.2. The molecule has 2 heterocycles. The van der Waals surface area contributed by atoms with E-state index in [9.17, 15) is 4.79 Å². The molecule has 0 radical (unpaired) electrons. The molecule has 2 aromatic rings. The maximum atomic E-state index is 11.8. The van der Waals surface area contributed by atoms with E-state index < -0.39 is 0 Å².